The van der Waals surface area contributed by atoms with Crippen LogP contribution in [0.1, 0.15) is 42.8 Å². The summed E-state index contributed by atoms with van der Waals surface area (Å²) in [5.41, 5.74) is 4.03. The van der Waals surface area contributed by atoms with Crippen LogP contribution in [0.3, 0.4) is 0 Å². The average molecular weight is 212 g/mol. The summed E-state index contributed by atoms with van der Waals surface area (Å²) in [5.74, 6) is 6.28. The summed E-state index contributed by atoms with van der Waals surface area (Å²) >= 11 is 1.49. The Morgan fingerprint density at radius 2 is 2.43 bits per heavy atom. The molecule has 0 saturated heterocycles. The number of aromatic nitrogens is 2. The lowest BCUT2D eigenvalue weighted by Crippen LogP contribution is -2.29. The third-order valence-electron chi connectivity index (χ3n) is 2.63. The Hall–Kier alpha value is -0.520. The van der Waals surface area contributed by atoms with E-state index >= 15 is 0 Å². The summed E-state index contributed by atoms with van der Waals surface area (Å²) in [6.07, 6.45) is 4.67. The van der Waals surface area contributed by atoms with E-state index in [0.717, 1.165) is 18.5 Å². The molecule has 0 amide bonds. The highest BCUT2D eigenvalue weighted by Gasteiger charge is 2.34. The molecular formula is C9H16N4S. The van der Waals surface area contributed by atoms with Crippen LogP contribution < -0.4 is 11.3 Å². The number of hydrogen-bond donors (Lipinski definition) is 2. The van der Waals surface area contributed by atoms with E-state index in [1.807, 2.05) is 0 Å². The maximum Gasteiger partial charge on any atom is 0.0804 e. The number of hydrazine groups is 1. The van der Waals surface area contributed by atoms with Gasteiger partial charge in [-0.25, -0.2) is 0 Å². The fraction of sp³-hybridized carbons (Fsp3) is 0.778. The first-order chi connectivity index (χ1) is 6.86. The number of aryl methyl sites for hydroxylation is 1. The molecule has 1 heterocycles. The third-order valence-corrected chi connectivity index (χ3v) is 3.48. The van der Waals surface area contributed by atoms with Crippen LogP contribution in [0.15, 0.2) is 0 Å². The van der Waals surface area contributed by atoms with Gasteiger partial charge in [0.25, 0.3) is 0 Å². The van der Waals surface area contributed by atoms with Gasteiger partial charge in [-0.3, -0.25) is 11.3 Å². The van der Waals surface area contributed by atoms with Crippen LogP contribution in [-0.2, 0) is 6.42 Å². The lowest BCUT2D eigenvalue weighted by atomic mass is 10.1. The predicted molar refractivity (Wildman–Crippen MR) is 56.7 cm³/mol. The van der Waals surface area contributed by atoms with Crippen molar-refractivity contribution >= 4 is 11.5 Å². The molecule has 5 heteroatoms. The molecule has 1 aromatic rings. The smallest absolute Gasteiger partial charge is 0.0804 e. The zero-order valence-corrected chi connectivity index (χ0v) is 9.18. The Morgan fingerprint density at radius 3 is 3.00 bits per heavy atom. The molecule has 0 aliphatic heterocycles. The third kappa shape index (κ3) is 1.94. The minimum Gasteiger partial charge on any atom is -0.271 e. The molecule has 0 radical (unpaired) electrons. The molecule has 4 nitrogen and oxygen atoms in total. The molecule has 3 N–H and O–H groups in total. The lowest BCUT2D eigenvalue weighted by Gasteiger charge is -2.13. The Bertz CT molecular complexity index is 295. The van der Waals surface area contributed by atoms with Crippen molar-refractivity contribution in [3.05, 3.63) is 10.6 Å². The van der Waals surface area contributed by atoms with Gasteiger partial charge < -0.3 is 0 Å². The fourth-order valence-corrected chi connectivity index (χ4v) is 2.57. The Morgan fingerprint density at radius 1 is 1.64 bits per heavy atom. The molecule has 1 aliphatic carbocycles. The topological polar surface area (TPSA) is 63.8 Å². The molecule has 0 bridgehead atoms. The Labute approximate surface area is 88.0 Å². The Balaban J connectivity index is 2.15. The first-order valence-corrected chi connectivity index (χ1v) is 5.91. The predicted octanol–water partition coefficient (Wildman–Crippen LogP) is 1.41. The van der Waals surface area contributed by atoms with E-state index in [0.29, 0.717) is 5.92 Å². The first-order valence-electron chi connectivity index (χ1n) is 5.14. The Kier molecular flexibility index (Phi) is 3.10. The van der Waals surface area contributed by atoms with Gasteiger partial charge in [-0.05, 0) is 36.7 Å². The zero-order chi connectivity index (χ0) is 9.97. The van der Waals surface area contributed by atoms with Gasteiger partial charge in [0.2, 0.25) is 0 Å². The molecule has 1 fully saturated rings. The summed E-state index contributed by atoms with van der Waals surface area (Å²) in [6, 6.07) is 0.288. The molecule has 1 unspecified atom stereocenters. The maximum absolute atomic E-state index is 5.57. The van der Waals surface area contributed by atoms with Crippen LogP contribution in [0.2, 0.25) is 0 Å². The van der Waals surface area contributed by atoms with Gasteiger partial charge in [0.15, 0.2) is 0 Å². The molecule has 1 atom stereocenters. The van der Waals surface area contributed by atoms with Crippen molar-refractivity contribution in [1.82, 2.24) is 15.0 Å². The van der Waals surface area contributed by atoms with Crippen molar-refractivity contribution in [2.45, 2.75) is 38.6 Å². The second-order valence-corrected chi connectivity index (χ2v) is 4.60. The van der Waals surface area contributed by atoms with Crippen LogP contribution in [0.4, 0.5) is 0 Å². The van der Waals surface area contributed by atoms with Crippen molar-refractivity contribution in [2.75, 3.05) is 0 Å². The van der Waals surface area contributed by atoms with Crippen LogP contribution in [-0.4, -0.2) is 9.59 Å². The zero-order valence-electron chi connectivity index (χ0n) is 8.36. The molecular weight excluding hydrogens is 196 g/mol. The standard InChI is InChI=1S/C9H16N4S/c1-2-3-7-9(14-13-12-7)8(11-10)6-4-5-6/h6,8,11H,2-5,10H2,1H3. The van der Waals surface area contributed by atoms with Crippen molar-refractivity contribution in [2.24, 2.45) is 11.8 Å². The van der Waals surface area contributed by atoms with Crippen LogP contribution in [0, 0.1) is 5.92 Å². The van der Waals surface area contributed by atoms with E-state index in [9.17, 15) is 0 Å². The highest BCUT2D eigenvalue weighted by molar-refractivity contribution is 7.05. The lowest BCUT2D eigenvalue weighted by molar-refractivity contribution is 0.499. The summed E-state index contributed by atoms with van der Waals surface area (Å²) < 4.78 is 4.02. The van der Waals surface area contributed by atoms with E-state index < -0.39 is 0 Å². The van der Waals surface area contributed by atoms with E-state index in [2.05, 4.69) is 21.9 Å². The first kappa shape index (κ1) is 10.0. The molecule has 1 aliphatic rings. The van der Waals surface area contributed by atoms with E-state index in [-0.39, 0.29) is 6.04 Å². The van der Waals surface area contributed by atoms with Crippen molar-refractivity contribution < 1.29 is 0 Å². The van der Waals surface area contributed by atoms with Crippen LogP contribution in [0.25, 0.3) is 0 Å². The number of hydrogen-bond acceptors (Lipinski definition) is 5. The van der Waals surface area contributed by atoms with E-state index in [1.54, 1.807) is 0 Å². The quantitative estimate of drug-likeness (QED) is 0.572. The second kappa shape index (κ2) is 4.33. The van der Waals surface area contributed by atoms with Crippen molar-refractivity contribution in [3.8, 4) is 0 Å². The van der Waals surface area contributed by atoms with E-state index in [4.69, 9.17) is 5.84 Å². The molecule has 1 aromatic heterocycles. The number of nitrogens with two attached hydrogens (primary N) is 1. The number of rotatable bonds is 5. The summed E-state index contributed by atoms with van der Waals surface area (Å²) in [4.78, 5) is 1.25. The van der Waals surface area contributed by atoms with Crippen LogP contribution >= 0.6 is 11.5 Å². The summed E-state index contributed by atoms with van der Waals surface area (Å²) in [6.45, 7) is 2.16. The minimum absolute atomic E-state index is 0.288. The van der Waals surface area contributed by atoms with Crippen molar-refractivity contribution in [3.63, 3.8) is 0 Å². The van der Waals surface area contributed by atoms with Gasteiger partial charge in [0, 0.05) is 0 Å². The number of nitrogens with zero attached hydrogens (tertiary/aromatic N) is 2. The molecule has 14 heavy (non-hydrogen) atoms. The second-order valence-electron chi connectivity index (χ2n) is 3.82. The van der Waals surface area contributed by atoms with Gasteiger partial charge >= 0.3 is 0 Å². The van der Waals surface area contributed by atoms with Gasteiger partial charge in [-0.2, -0.15) is 0 Å². The highest BCUT2D eigenvalue weighted by atomic mass is 32.1. The molecule has 1 saturated carbocycles. The highest BCUT2D eigenvalue weighted by Crippen LogP contribution is 2.42. The van der Waals surface area contributed by atoms with Gasteiger partial charge in [0.05, 0.1) is 16.6 Å². The molecule has 0 aromatic carbocycles. The van der Waals surface area contributed by atoms with Gasteiger partial charge in [-0.1, -0.05) is 17.8 Å². The van der Waals surface area contributed by atoms with Crippen LogP contribution in [0.5, 0.6) is 0 Å². The van der Waals surface area contributed by atoms with E-state index in [1.165, 1.54) is 29.3 Å². The SMILES string of the molecule is CCCc1nnsc1C(NN)C1CC1. The monoisotopic (exact) mass is 212 g/mol. The average Bonchev–Trinajstić information content (AvgIpc) is 2.91. The van der Waals surface area contributed by atoms with Gasteiger partial charge in [0.1, 0.15) is 0 Å². The largest absolute Gasteiger partial charge is 0.271 e. The van der Waals surface area contributed by atoms with Gasteiger partial charge in [-0.15, -0.1) is 5.10 Å². The molecule has 0 spiro atoms. The maximum atomic E-state index is 5.57. The molecule has 78 valence electrons. The summed E-state index contributed by atoms with van der Waals surface area (Å²) in [5, 5.41) is 4.16. The summed E-state index contributed by atoms with van der Waals surface area (Å²) in [7, 11) is 0. The minimum atomic E-state index is 0.288. The van der Waals surface area contributed by atoms with Crippen molar-refractivity contribution in [1.29, 1.82) is 0 Å². The fourth-order valence-electron chi connectivity index (χ4n) is 1.72. The number of nitrogens with one attached hydrogen (secondary N) is 1. The normalized spacial score (nSPS) is 18.4. The molecule has 2 rings (SSSR count).